The molecule has 0 bridgehead atoms. The molecule has 17 heavy (non-hydrogen) atoms. The molecular weight excluding hydrogens is 216 g/mol. The van der Waals surface area contributed by atoms with Crippen LogP contribution in [0.15, 0.2) is 12.2 Å². The molecule has 0 spiro atoms. The molecule has 0 unspecified atom stereocenters. The first-order chi connectivity index (χ1) is 8.35. The van der Waals surface area contributed by atoms with Crippen molar-refractivity contribution >= 4 is 0 Å². The molecule has 102 valence electrons. The van der Waals surface area contributed by atoms with E-state index in [-0.39, 0.29) is 0 Å². The minimum Gasteiger partial charge on any atom is -0.494 e. The van der Waals surface area contributed by atoms with Crippen LogP contribution in [0.2, 0.25) is 0 Å². The monoisotopic (exact) mass is 244 g/mol. The Balaban J connectivity index is 3.81. The lowest BCUT2D eigenvalue weighted by atomic mass is 10.4. The van der Waals surface area contributed by atoms with Crippen molar-refractivity contribution in [3.63, 3.8) is 0 Å². The second-order valence-electron chi connectivity index (χ2n) is 4.07. The quantitative estimate of drug-likeness (QED) is 0.380. The second kappa shape index (κ2) is 13.2. The van der Waals surface area contributed by atoms with E-state index in [4.69, 9.17) is 14.2 Å². The van der Waals surface area contributed by atoms with Gasteiger partial charge in [-0.05, 0) is 19.3 Å². The smallest absolute Gasteiger partial charge is 0.315 e. The first-order valence-electron chi connectivity index (χ1n) is 6.92. The van der Waals surface area contributed by atoms with E-state index in [0.717, 1.165) is 45.1 Å². The third kappa shape index (κ3) is 11.4. The SMILES string of the molecule is CCCCOC=C(OCCCC)OCCCC. The molecule has 0 heterocycles. The van der Waals surface area contributed by atoms with E-state index < -0.39 is 0 Å². The Labute approximate surface area is 106 Å². The van der Waals surface area contributed by atoms with E-state index in [1.807, 2.05) is 0 Å². The largest absolute Gasteiger partial charge is 0.494 e. The van der Waals surface area contributed by atoms with E-state index in [0.29, 0.717) is 19.2 Å². The number of unbranched alkanes of at least 4 members (excludes halogenated alkanes) is 3. The van der Waals surface area contributed by atoms with Gasteiger partial charge in [-0.25, -0.2) is 0 Å². The van der Waals surface area contributed by atoms with Gasteiger partial charge in [0.1, 0.15) is 0 Å². The van der Waals surface area contributed by atoms with Crippen molar-refractivity contribution in [1.29, 1.82) is 0 Å². The van der Waals surface area contributed by atoms with E-state index >= 15 is 0 Å². The Morgan fingerprint density at radius 1 is 0.765 bits per heavy atom. The molecule has 0 fully saturated rings. The highest BCUT2D eigenvalue weighted by Crippen LogP contribution is 2.05. The zero-order chi connectivity index (χ0) is 12.8. The lowest BCUT2D eigenvalue weighted by Crippen LogP contribution is -2.02. The molecule has 0 amide bonds. The summed E-state index contributed by atoms with van der Waals surface area (Å²) >= 11 is 0. The van der Waals surface area contributed by atoms with Gasteiger partial charge in [0.15, 0.2) is 6.26 Å². The molecule has 0 radical (unpaired) electrons. The van der Waals surface area contributed by atoms with E-state index in [1.165, 1.54) is 0 Å². The Morgan fingerprint density at radius 3 is 1.71 bits per heavy atom. The van der Waals surface area contributed by atoms with Crippen LogP contribution >= 0.6 is 0 Å². The average molecular weight is 244 g/mol. The van der Waals surface area contributed by atoms with Crippen molar-refractivity contribution in [3.8, 4) is 0 Å². The fourth-order valence-corrected chi connectivity index (χ4v) is 1.10. The first kappa shape index (κ1) is 16.1. The van der Waals surface area contributed by atoms with Gasteiger partial charge in [0, 0.05) is 0 Å². The summed E-state index contributed by atoms with van der Waals surface area (Å²) in [6.45, 7) is 8.56. The van der Waals surface area contributed by atoms with Gasteiger partial charge >= 0.3 is 5.95 Å². The molecule has 0 aromatic heterocycles. The molecule has 0 rings (SSSR count). The van der Waals surface area contributed by atoms with Crippen LogP contribution in [0, 0.1) is 0 Å². The minimum absolute atomic E-state index is 0.531. The van der Waals surface area contributed by atoms with Crippen LogP contribution in [-0.2, 0) is 14.2 Å². The molecule has 0 saturated heterocycles. The van der Waals surface area contributed by atoms with E-state index in [1.54, 1.807) is 6.26 Å². The second-order valence-corrected chi connectivity index (χ2v) is 4.07. The highest BCUT2D eigenvalue weighted by molar-refractivity contribution is 4.75. The predicted octanol–water partition coefficient (Wildman–Crippen LogP) is 4.24. The number of rotatable bonds is 12. The van der Waals surface area contributed by atoms with Crippen molar-refractivity contribution in [2.24, 2.45) is 0 Å². The lowest BCUT2D eigenvalue weighted by Gasteiger charge is -2.11. The normalized spacial score (nSPS) is 9.82. The van der Waals surface area contributed by atoms with Crippen LogP contribution in [0.1, 0.15) is 59.3 Å². The summed E-state index contributed by atoms with van der Waals surface area (Å²) in [5.74, 6) is 0.531. The number of hydrogen-bond donors (Lipinski definition) is 0. The Morgan fingerprint density at radius 2 is 1.24 bits per heavy atom. The molecule has 0 atom stereocenters. The van der Waals surface area contributed by atoms with Gasteiger partial charge in [0.05, 0.1) is 19.8 Å². The van der Waals surface area contributed by atoms with E-state index in [2.05, 4.69) is 20.8 Å². The van der Waals surface area contributed by atoms with Gasteiger partial charge in [-0.1, -0.05) is 40.0 Å². The van der Waals surface area contributed by atoms with Crippen LogP contribution in [0.5, 0.6) is 0 Å². The Bertz CT molecular complexity index is 166. The molecule has 0 aliphatic rings. The maximum absolute atomic E-state index is 5.52. The summed E-state index contributed by atoms with van der Waals surface area (Å²) in [6, 6.07) is 0. The van der Waals surface area contributed by atoms with Gasteiger partial charge in [-0.15, -0.1) is 0 Å². The van der Waals surface area contributed by atoms with Crippen LogP contribution in [0.3, 0.4) is 0 Å². The van der Waals surface area contributed by atoms with Crippen molar-refractivity contribution in [2.75, 3.05) is 19.8 Å². The maximum atomic E-state index is 5.52. The van der Waals surface area contributed by atoms with Gasteiger partial charge < -0.3 is 14.2 Å². The van der Waals surface area contributed by atoms with Crippen LogP contribution in [0.4, 0.5) is 0 Å². The van der Waals surface area contributed by atoms with Gasteiger partial charge in [-0.3, -0.25) is 0 Å². The Hall–Kier alpha value is -0.860. The summed E-state index contributed by atoms with van der Waals surface area (Å²) < 4.78 is 16.4. The molecule has 0 aromatic rings. The average Bonchev–Trinajstić information content (AvgIpc) is 2.34. The van der Waals surface area contributed by atoms with Gasteiger partial charge in [-0.2, -0.15) is 0 Å². The maximum Gasteiger partial charge on any atom is 0.315 e. The molecule has 0 N–H and O–H groups in total. The zero-order valence-corrected chi connectivity index (χ0v) is 11.7. The van der Waals surface area contributed by atoms with Crippen LogP contribution in [-0.4, -0.2) is 19.8 Å². The molecule has 3 heteroatoms. The van der Waals surface area contributed by atoms with Crippen molar-refractivity contribution < 1.29 is 14.2 Å². The molecule has 0 saturated carbocycles. The zero-order valence-electron chi connectivity index (χ0n) is 11.7. The standard InChI is InChI=1S/C14H28O3/c1-4-7-10-15-13-14(16-11-8-5-2)17-12-9-6-3/h13H,4-12H2,1-3H3. The molecule has 3 nitrogen and oxygen atoms in total. The molecule has 0 aliphatic carbocycles. The van der Waals surface area contributed by atoms with Crippen LogP contribution in [0.25, 0.3) is 0 Å². The van der Waals surface area contributed by atoms with Crippen molar-refractivity contribution in [3.05, 3.63) is 12.2 Å². The lowest BCUT2D eigenvalue weighted by molar-refractivity contribution is 0.0192. The summed E-state index contributed by atoms with van der Waals surface area (Å²) in [5, 5.41) is 0. The highest BCUT2D eigenvalue weighted by Gasteiger charge is 2.00. The first-order valence-corrected chi connectivity index (χ1v) is 6.92. The summed E-state index contributed by atoms with van der Waals surface area (Å²) in [5.41, 5.74) is 0. The summed E-state index contributed by atoms with van der Waals surface area (Å²) in [7, 11) is 0. The summed E-state index contributed by atoms with van der Waals surface area (Å²) in [6.07, 6.45) is 8.15. The highest BCUT2D eigenvalue weighted by atomic mass is 16.7. The van der Waals surface area contributed by atoms with E-state index in [9.17, 15) is 0 Å². The van der Waals surface area contributed by atoms with Crippen molar-refractivity contribution in [1.82, 2.24) is 0 Å². The predicted molar refractivity (Wildman–Crippen MR) is 70.7 cm³/mol. The third-order valence-corrected chi connectivity index (χ3v) is 2.28. The molecular formula is C14H28O3. The number of hydrogen-bond acceptors (Lipinski definition) is 3. The fraction of sp³-hybridized carbons (Fsp3) is 0.857. The third-order valence-electron chi connectivity index (χ3n) is 2.28. The topological polar surface area (TPSA) is 27.7 Å². The minimum atomic E-state index is 0.531. The van der Waals surface area contributed by atoms with Crippen LogP contribution < -0.4 is 0 Å². The van der Waals surface area contributed by atoms with Gasteiger partial charge in [0.2, 0.25) is 0 Å². The fourth-order valence-electron chi connectivity index (χ4n) is 1.10. The molecule has 0 aliphatic heterocycles. The Kier molecular flexibility index (Phi) is 12.5. The van der Waals surface area contributed by atoms with Gasteiger partial charge in [0.25, 0.3) is 0 Å². The summed E-state index contributed by atoms with van der Waals surface area (Å²) in [4.78, 5) is 0. The number of ether oxygens (including phenoxy) is 3. The molecule has 0 aromatic carbocycles. The van der Waals surface area contributed by atoms with Crippen molar-refractivity contribution in [2.45, 2.75) is 59.3 Å².